The van der Waals surface area contributed by atoms with Crippen LogP contribution in [0.3, 0.4) is 0 Å². The van der Waals surface area contributed by atoms with Crippen molar-refractivity contribution in [2.24, 2.45) is 5.41 Å². The van der Waals surface area contributed by atoms with Gasteiger partial charge < -0.3 is 15.2 Å². The summed E-state index contributed by atoms with van der Waals surface area (Å²) in [5, 5.41) is 12.4. The minimum Gasteiger partial charge on any atom is -0.391 e. The Labute approximate surface area is 105 Å². The fraction of sp³-hybridized carbons (Fsp3) is 0.923. The largest absolute Gasteiger partial charge is 0.391 e. The average Bonchev–Trinajstić information content (AvgIpc) is 2.19. The van der Waals surface area contributed by atoms with E-state index in [0.717, 1.165) is 6.42 Å². The number of carbonyl (C=O) groups is 1. The van der Waals surface area contributed by atoms with Crippen molar-refractivity contribution in [3.63, 3.8) is 0 Å². The topological polar surface area (TPSA) is 58.6 Å². The van der Waals surface area contributed by atoms with Crippen LogP contribution in [-0.2, 0) is 9.53 Å². The third-order valence-corrected chi connectivity index (χ3v) is 2.28. The van der Waals surface area contributed by atoms with Crippen LogP contribution in [0.2, 0.25) is 0 Å². The highest BCUT2D eigenvalue weighted by atomic mass is 16.5. The van der Waals surface area contributed by atoms with Crippen LogP contribution < -0.4 is 5.32 Å². The second kappa shape index (κ2) is 8.48. The zero-order valence-corrected chi connectivity index (χ0v) is 11.6. The van der Waals surface area contributed by atoms with Crippen LogP contribution in [-0.4, -0.2) is 36.9 Å². The number of carbonyl (C=O) groups excluding carboxylic acids is 1. The van der Waals surface area contributed by atoms with E-state index >= 15 is 0 Å². The Bertz CT molecular complexity index is 211. The van der Waals surface area contributed by atoms with Gasteiger partial charge >= 0.3 is 0 Å². The van der Waals surface area contributed by atoms with Crippen LogP contribution in [0.15, 0.2) is 0 Å². The molecule has 0 aromatic carbocycles. The van der Waals surface area contributed by atoms with Gasteiger partial charge in [-0.25, -0.2) is 0 Å². The monoisotopic (exact) mass is 245 g/mol. The van der Waals surface area contributed by atoms with Crippen molar-refractivity contribution >= 4 is 5.91 Å². The minimum atomic E-state index is -0.467. The van der Waals surface area contributed by atoms with Crippen LogP contribution in [0.25, 0.3) is 0 Å². The summed E-state index contributed by atoms with van der Waals surface area (Å²) in [6.45, 7) is 9.79. The van der Waals surface area contributed by atoms with Crippen LogP contribution in [0.4, 0.5) is 0 Å². The summed E-state index contributed by atoms with van der Waals surface area (Å²) in [5.74, 6) is -0.0161. The Morgan fingerprint density at radius 3 is 2.59 bits per heavy atom. The van der Waals surface area contributed by atoms with E-state index in [9.17, 15) is 9.90 Å². The number of ether oxygens (including phenoxy) is 1. The van der Waals surface area contributed by atoms with Crippen LogP contribution in [0.1, 0.15) is 47.0 Å². The van der Waals surface area contributed by atoms with E-state index in [0.29, 0.717) is 32.6 Å². The Morgan fingerprint density at radius 2 is 2.06 bits per heavy atom. The van der Waals surface area contributed by atoms with Gasteiger partial charge in [-0.15, -0.1) is 0 Å². The maximum atomic E-state index is 11.4. The SMILES string of the molecule is CCOCCCC(=O)NCC(O)CC(C)(C)C. The maximum Gasteiger partial charge on any atom is 0.220 e. The van der Waals surface area contributed by atoms with Gasteiger partial charge in [0, 0.05) is 26.2 Å². The molecule has 2 N–H and O–H groups in total. The van der Waals surface area contributed by atoms with Gasteiger partial charge in [-0.2, -0.15) is 0 Å². The van der Waals surface area contributed by atoms with E-state index in [1.54, 1.807) is 0 Å². The highest BCUT2D eigenvalue weighted by Crippen LogP contribution is 2.20. The molecular weight excluding hydrogens is 218 g/mol. The maximum absolute atomic E-state index is 11.4. The van der Waals surface area contributed by atoms with Gasteiger partial charge in [0.1, 0.15) is 0 Å². The molecule has 0 radical (unpaired) electrons. The molecule has 0 rings (SSSR count). The predicted molar refractivity (Wildman–Crippen MR) is 68.8 cm³/mol. The number of hydrogen-bond donors (Lipinski definition) is 2. The molecule has 4 nitrogen and oxygen atoms in total. The van der Waals surface area contributed by atoms with E-state index in [1.807, 2.05) is 6.92 Å². The molecule has 17 heavy (non-hydrogen) atoms. The molecular formula is C13H27NO3. The highest BCUT2D eigenvalue weighted by molar-refractivity contribution is 5.75. The first-order valence-corrected chi connectivity index (χ1v) is 6.37. The van der Waals surface area contributed by atoms with Gasteiger partial charge in [0.25, 0.3) is 0 Å². The summed E-state index contributed by atoms with van der Waals surface area (Å²) >= 11 is 0. The lowest BCUT2D eigenvalue weighted by Crippen LogP contribution is -2.34. The zero-order chi connectivity index (χ0) is 13.3. The second-order valence-corrected chi connectivity index (χ2v) is 5.52. The van der Waals surface area contributed by atoms with Gasteiger partial charge in [0.15, 0.2) is 0 Å². The average molecular weight is 245 g/mol. The van der Waals surface area contributed by atoms with Crippen LogP contribution >= 0.6 is 0 Å². The van der Waals surface area contributed by atoms with Gasteiger partial charge in [-0.1, -0.05) is 20.8 Å². The van der Waals surface area contributed by atoms with Crippen molar-refractivity contribution in [3.05, 3.63) is 0 Å². The fourth-order valence-electron chi connectivity index (χ4n) is 1.58. The summed E-state index contributed by atoms with van der Waals surface area (Å²) in [7, 11) is 0. The van der Waals surface area contributed by atoms with E-state index in [1.165, 1.54) is 0 Å². The van der Waals surface area contributed by atoms with Crippen molar-refractivity contribution in [1.82, 2.24) is 5.32 Å². The first-order valence-electron chi connectivity index (χ1n) is 6.37. The molecule has 0 bridgehead atoms. The van der Waals surface area contributed by atoms with Crippen LogP contribution in [0, 0.1) is 5.41 Å². The van der Waals surface area contributed by atoms with Gasteiger partial charge in [0.2, 0.25) is 5.91 Å². The van der Waals surface area contributed by atoms with Crippen molar-refractivity contribution in [1.29, 1.82) is 0 Å². The molecule has 0 fully saturated rings. The van der Waals surface area contributed by atoms with E-state index in [4.69, 9.17) is 4.74 Å². The first kappa shape index (κ1) is 16.4. The lowest BCUT2D eigenvalue weighted by molar-refractivity contribution is -0.122. The number of aliphatic hydroxyl groups excluding tert-OH is 1. The normalized spacial score (nSPS) is 13.5. The van der Waals surface area contributed by atoms with Gasteiger partial charge in [-0.05, 0) is 25.2 Å². The molecule has 0 aromatic heterocycles. The standard InChI is InChI=1S/C13H27NO3/c1-5-17-8-6-7-12(16)14-10-11(15)9-13(2,3)4/h11,15H,5-10H2,1-4H3,(H,14,16). The molecule has 1 unspecified atom stereocenters. The Morgan fingerprint density at radius 1 is 1.41 bits per heavy atom. The molecule has 0 heterocycles. The van der Waals surface area contributed by atoms with Crippen LogP contribution in [0.5, 0.6) is 0 Å². The number of aliphatic hydroxyl groups is 1. The summed E-state index contributed by atoms with van der Waals surface area (Å²) in [5.41, 5.74) is 0.0825. The second-order valence-electron chi connectivity index (χ2n) is 5.52. The lowest BCUT2D eigenvalue weighted by Gasteiger charge is -2.22. The Hall–Kier alpha value is -0.610. The third kappa shape index (κ3) is 11.6. The fourth-order valence-corrected chi connectivity index (χ4v) is 1.58. The van der Waals surface area contributed by atoms with Crippen molar-refractivity contribution in [2.45, 2.75) is 53.1 Å². The number of hydrogen-bond acceptors (Lipinski definition) is 3. The van der Waals surface area contributed by atoms with E-state index < -0.39 is 6.10 Å². The van der Waals surface area contributed by atoms with Crippen molar-refractivity contribution in [3.8, 4) is 0 Å². The van der Waals surface area contributed by atoms with E-state index in [2.05, 4.69) is 26.1 Å². The summed E-state index contributed by atoms with van der Waals surface area (Å²) in [6, 6.07) is 0. The molecule has 0 spiro atoms. The molecule has 0 aliphatic rings. The smallest absolute Gasteiger partial charge is 0.220 e. The lowest BCUT2D eigenvalue weighted by atomic mass is 9.89. The molecule has 1 atom stereocenters. The Kier molecular flexibility index (Phi) is 8.17. The predicted octanol–water partition coefficient (Wildman–Crippen LogP) is 1.72. The summed E-state index contributed by atoms with van der Waals surface area (Å²) in [4.78, 5) is 11.4. The number of rotatable bonds is 8. The quantitative estimate of drug-likeness (QED) is 0.640. The Balaban J connectivity index is 3.56. The zero-order valence-electron chi connectivity index (χ0n) is 11.6. The van der Waals surface area contributed by atoms with Gasteiger partial charge in [0.05, 0.1) is 6.10 Å². The molecule has 0 saturated carbocycles. The first-order chi connectivity index (χ1) is 7.85. The molecule has 0 aliphatic heterocycles. The van der Waals surface area contributed by atoms with E-state index in [-0.39, 0.29) is 11.3 Å². The molecule has 0 saturated heterocycles. The molecule has 0 aromatic rings. The van der Waals surface area contributed by atoms with Crippen molar-refractivity contribution in [2.75, 3.05) is 19.8 Å². The van der Waals surface area contributed by atoms with Gasteiger partial charge in [-0.3, -0.25) is 4.79 Å². The minimum absolute atomic E-state index is 0.0161. The molecule has 4 heteroatoms. The summed E-state index contributed by atoms with van der Waals surface area (Å²) < 4.78 is 5.15. The molecule has 102 valence electrons. The highest BCUT2D eigenvalue weighted by Gasteiger charge is 2.16. The third-order valence-electron chi connectivity index (χ3n) is 2.28. The number of amides is 1. The number of nitrogens with one attached hydrogen (secondary N) is 1. The molecule has 0 aliphatic carbocycles. The summed E-state index contributed by atoms with van der Waals surface area (Å²) in [6.07, 6.45) is 1.41. The van der Waals surface area contributed by atoms with Crippen molar-refractivity contribution < 1.29 is 14.6 Å². The molecule has 1 amide bonds.